The second-order valence-corrected chi connectivity index (χ2v) is 6.55. The van der Waals surface area contributed by atoms with Crippen molar-refractivity contribution in [2.75, 3.05) is 39.0 Å². The van der Waals surface area contributed by atoms with E-state index in [1.165, 1.54) is 0 Å². The van der Waals surface area contributed by atoms with Crippen LogP contribution in [-0.4, -0.2) is 52.4 Å². The molecule has 0 aromatic carbocycles. The topological polar surface area (TPSA) is 23.6 Å². The van der Waals surface area contributed by atoms with E-state index in [9.17, 15) is 4.21 Å². The van der Waals surface area contributed by atoms with Gasteiger partial charge in [-0.05, 0) is 5.41 Å². The van der Waals surface area contributed by atoms with Gasteiger partial charge in [0.25, 0.3) is 0 Å². The third-order valence-corrected chi connectivity index (χ3v) is 3.49. The fourth-order valence-electron chi connectivity index (χ4n) is 1.82. The summed E-state index contributed by atoms with van der Waals surface area (Å²) in [6.45, 7) is 11.9. The van der Waals surface area contributed by atoms with Crippen LogP contribution in [0.4, 0.5) is 0 Å². The van der Waals surface area contributed by atoms with E-state index >= 15 is 0 Å². The average molecular weight is 218 g/mol. The molecule has 0 radical (unpaired) electrons. The molecule has 4 heteroatoms. The van der Waals surface area contributed by atoms with Crippen molar-refractivity contribution in [3.05, 3.63) is 0 Å². The second-order valence-electron chi connectivity index (χ2n) is 5.19. The van der Waals surface area contributed by atoms with E-state index in [0.29, 0.717) is 5.41 Å². The zero-order valence-electron chi connectivity index (χ0n) is 9.75. The monoisotopic (exact) mass is 218 g/mol. The Morgan fingerprint density at radius 2 is 1.64 bits per heavy atom. The first-order chi connectivity index (χ1) is 6.38. The minimum absolute atomic E-state index is 0.369. The van der Waals surface area contributed by atoms with Crippen molar-refractivity contribution < 1.29 is 4.21 Å². The molecule has 1 saturated heterocycles. The Morgan fingerprint density at radius 3 is 2.00 bits per heavy atom. The molecule has 3 nitrogen and oxygen atoms in total. The van der Waals surface area contributed by atoms with Crippen LogP contribution in [0.15, 0.2) is 0 Å². The normalized spacial score (nSPS) is 23.7. The van der Waals surface area contributed by atoms with Gasteiger partial charge < -0.3 is 4.90 Å². The van der Waals surface area contributed by atoms with Gasteiger partial charge in [0.1, 0.15) is 0 Å². The highest BCUT2D eigenvalue weighted by Crippen LogP contribution is 2.16. The Bertz CT molecular complexity index is 205. The van der Waals surface area contributed by atoms with Crippen LogP contribution in [0.3, 0.4) is 0 Å². The van der Waals surface area contributed by atoms with Crippen LogP contribution in [0.2, 0.25) is 0 Å². The zero-order chi connectivity index (χ0) is 10.8. The molecule has 0 N–H and O–H groups in total. The van der Waals surface area contributed by atoms with Crippen molar-refractivity contribution >= 4 is 11.0 Å². The van der Waals surface area contributed by atoms with Gasteiger partial charge in [0, 0.05) is 39.0 Å². The average Bonchev–Trinajstić information content (AvgIpc) is 2.02. The summed E-state index contributed by atoms with van der Waals surface area (Å²) >= 11 is 0. The van der Waals surface area contributed by atoms with Gasteiger partial charge in [0.05, 0.1) is 11.0 Å². The van der Waals surface area contributed by atoms with Crippen LogP contribution in [-0.2, 0) is 11.0 Å². The van der Waals surface area contributed by atoms with E-state index in [2.05, 4.69) is 25.7 Å². The van der Waals surface area contributed by atoms with Crippen molar-refractivity contribution in [2.24, 2.45) is 5.41 Å². The summed E-state index contributed by atoms with van der Waals surface area (Å²) in [5.74, 6) is 0. The van der Waals surface area contributed by atoms with E-state index in [1.54, 1.807) is 6.26 Å². The van der Waals surface area contributed by atoms with E-state index < -0.39 is 11.0 Å². The summed E-state index contributed by atoms with van der Waals surface area (Å²) in [5.41, 5.74) is 0.369. The minimum atomic E-state index is -0.783. The Hall–Kier alpha value is 0.0700. The quantitative estimate of drug-likeness (QED) is 0.689. The van der Waals surface area contributed by atoms with Gasteiger partial charge in [0.15, 0.2) is 0 Å². The Morgan fingerprint density at radius 1 is 1.14 bits per heavy atom. The fraction of sp³-hybridized carbons (Fsp3) is 1.00. The Labute approximate surface area is 90.0 Å². The number of piperazine rings is 1. The van der Waals surface area contributed by atoms with Crippen LogP contribution in [0.5, 0.6) is 0 Å². The van der Waals surface area contributed by atoms with Gasteiger partial charge in [0.2, 0.25) is 0 Å². The van der Waals surface area contributed by atoms with Crippen molar-refractivity contribution in [3.63, 3.8) is 0 Å². The van der Waals surface area contributed by atoms with E-state index in [0.717, 1.165) is 32.7 Å². The molecule has 1 unspecified atom stereocenters. The summed E-state index contributed by atoms with van der Waals surface area (Å²) in [6.07, 6.45) is 1.76. The lowest BCUT2D eigenvalue weighted by molar-refractivity contribution is 0.143. The SMILES string of the molecule is CS(=O)N1CCN(CC(C)(C)C)CC1. The maximum atomic E-state index is 11.2. The summed E-state index contributed by atoms with van der Waals surface area (Å²) in [5, 5.41) is 0. The van der Waals surface area contributed by atoms with Gasteiger partial charge >= 0.3 is 0 Å². The third-order valence-electron chi connectivity index (χ3n) is 2.39. The molecule has 14 heavy (non-hydrogen) atoms. The molecule has 0 bridgehead atoms. The van der Waals surface area contributed by atoms with Gasteiger partial charge in [-0.15, -0.1) is 0 Å². The van der Waals surface area contributed by atoms with Crippen molar-refractivity contribution in [1.29, 1.82) is 0 Å². The molecule has 1 heterocycles. The summed E-state index contributed by atoms with van der Waals surface area (Å²) in [4.78, 5) is 2.46. The predicted octanol–water partition coefficient (Wildman–Crippen LogP) is 0.944. The van der Waals surface area contributed by atoms with Crippen LogP contribution in [0.1, 0.15) is 20.8 Å². The van der Waals surface area contributed by atoms with Crippen molar-refractivity contribution in [2.45, 2.75) is 20.8 Å². The maximum absolute atomic E-state index is 11.2. The second kappa shape index (κ2) is 4.73. The summed E-state index contributed by atoms with van der Waals surface area (Å²) in [7, 11) is -0.783. The Kier molecular flexibility index (Phi) is 4.10. The molecule has 0 saturated carbocycles. The first-order valence-corrected chi connectivity index (χ1v) is 6.71. The first kappa shape index (κ1) is 12.1. The fourth-order valence-corrected chi connectivity index (χ4v) is 2.49. The standard InChI is InChI=1S/C10H22N2OS/c1-10(2,3)9-11-5-7-12(8-6-11)14(4)13/h5-9H2,1-4H3. The molecule has 1 fully saturated rings. The largest absolute Gasteiger partial charge is 0.300 e. The smallest absolute Gasteiger partial charge is 0.0911 e. The molecule has 0 spiro atoms. The van der Waals surface area contributed by atoms with Gasteiger partial charge in [-0.25, -0.2) is 8.51 Å². The highest BCUT2D eigenvalue weighted by atomic mass is 32.2. The van der Waals surface area contributed by atoms with Crippen LogP contribution < -0.4 is 0 Å². The highest BCUT2D eigenvalue weighted by Gasteiger charge is 2.22. The zero-order valence-corrected chi connectivity index (χ0v) is 10.6. The first-order valence-electron chi connectivity index (χ1n) is 5.19. The number of nitrogens with zero attached hydrogens (tertiary/aromatic N) is 2. The minimum Gasteiger partial charge on any atom is -0.300 e. The highest BCUT2D eigenvalue weighted by molar-refractivity contribution is 7.81. The molecule has 0 aromatic rings. The summed E-state index contributed by atoms with van der Waals surface area (Å²) < 4.78 is 13.3. The lowest BCUT2D eigenvalue weighted by atomic mass is 9.96. The van der Waals surface area contributed by atoms with Crippen molar-refractivity contribution in [1.82, 2.24) is 9.21 Å². The number of hydrogen-bond donors (Lipinski definition) is 0. The van der Waals surface area contributed by atoms with Crippen LogP contribution in [0.25, 0.3) is 0 Å². The van der Waals surface area contributed by atoms with Crippen LogP contribution in [0, 0.1) is 5.41 Å². The lowest BCUT2D eigenvalue weighted by Crippen LogP contribution is -2.48. The number of rotatable bonds is 2. The molecular weight excluding hydrogens is 196 g/mol. The van der Waals surface area contributed by atoms with E-state index in [1.807, 2.05) is 4.31 Å². The van der Waals surface area contributed by atoms with Gasteiger partial charge in [-0.3, -0.25) is 0 Å². The molecule has 1 atom stereocenters. The third kappa shape index (κ3) is 4.07. The van der Waals surface area contributed by atoms with E-state index in [4.69, 9.17) is 0 Å². The molecule has 84 valence electrons. The van der Waals surface area contributed by atoms with Crippen LogP contribution >= 0.6 is 0 Å². The predicted molar refractivity (Wildman–Crippen MR) is 61.5 cm³/mol. The lowest BCUT2D eigenvalue weighted by Gasteiger charge is -2.36. The molecule has 0 amide bonds. The molecular formula is C10H22N2OS. The molecule has 0 aromatic heterocycles. The van der Waals surface area contributed by atoms with Gasteiger partial charge in [-0.2, -0.15) is 0 Å². The molecule has 1 aliphatic heterocycles. The van der Waals surface area contributed by atoms with Gasteiger partial charge in [-0.1, -0.05) is 20.8 Å². The number of hydrogen-bond acceptors (Lipinski definition) is 2. The van der Waals surface area contributed by atoms with E-state index in [-0.39, 0.29) is 0 Å². The molecule has 0 aliphatic carbocycles. The summed E-state index contributed by atoms with van der Waals surface area (Å²) in [6, 6.07) is 0. The molecule has 1 aliphatic rings. The molecule has 1 rings (SSSR count). The van der Waals surface area contributed by atoms with Crippen molar-refractivity contribution in [3.8, 4) is 0 Å². The Balaban J connectivity index is 2.33. The maximum Gasteiger partial charge on any atom is 0.0911 e.